The number of rotatable bonds is 3. The second-order valence-electron chi connectivity index (χ2n) is 2.61. The Hall–Kier alpha value is -0.240. The smallest absolute Gasteiger partial charge is 0.222 e. The minimum atomic E-state index is 0.101. The van der Waals surface area contributed by atoms with Crippen LogP contribution in [0, 0.1) is 0 Å². The maximum absolute atomic E-state index is 10.9. The zero-order valence-electron chi connectivity index (χ0n) is 6.72. The number of alkyl halides is 1. The summed E-state index contributed by atoms with van der Waals surface area (Å²) < 4.78 is 0. The quantitative estimate of drug-likeness (QED) is 0.578. The molecule has 0 bridgehead atoms. The molecule has 0 N–H and O–H groups in total. The Balaban J connectivity index is 3.40. The second kappa shape index (κ2) is 4.56. The molecule has 60 valence electrons. The van der Waals surface area contributed by atoms with Gasteiger partial charge in [0.05, 0.1) is 0 Å². The molecule has 0 aromatic carbocycles. The van der Waals surface area contributed by atoms with E-state index in [0.29, 0.717) is 6.42 Å². The molecule has 0 rings (SSSR count). The fourth-order valence-corrected chi connectivity index (χ4v) is 0.655. The molecule has 2 nitrogen and oxygen atoms in total. The molecular formula is C7H14ClNO. The predicted octanol–water partition coefficient (Wildman–Crippen LogP) is 1.48. The summed E-state index contributed by atoms with van der Waals surface area (Å²) in [6.07, 6.45) is 1.32. The highest BCUT2D eigenvalue weighted by Crippen LogP contribution is 2.04. The minimum absolute atomic E-state index is 0.101. The molecule has 0 aliphatic carbocycles. The summed E-state index contributed by atoms with van der Waals surface area (Å²) in [5.74, 6) is 0.146. The first-order chi connectivity index (χ1) is 4.54. The lowest BCUT2D eigenvalue weighted by atomic mass is 10.2. The van der Waals surface area contributed by atoms with Gasteiger partial charge in [-0.2, -0.15) is 0 Å². The Morgan fingerprint density at radius 1 is 1.60 bits per heavy atom. The van der Waals surface area contributed by atoms with Gasteiger partial charge >= 0.3 is 0 Å². The van der Waals surface area contributed by atoms with Crippen molar-refractivity contribution in [2.24, 2.45) is 0 Å². The SMILES string of the molecule is CC(Cl)CCC(=O)N(C)C. The van der Waals surface area contributed by atoms with E-state index in [4.69, 9.17) is 11.6 Å². The summed E-state index contributed by atoms with van der Waals surface area (Å²) >= 11 is 5.66. The third-order valence-corrected chi connectivity index (χ3v) is 1.47. The zero-order valence-corrected chi connectivity index (χ0v) is 7.48. The average Bonchev–Trinajstić information content (AvgIpc) is 1.82. The van der Waals surface area contributed by atoms with Crippen molar-refractivity contribution in [3.05, 3.63) is 0 Å². The normalized spacial score (nSPS) is 12.8. The number of hydrogen-bond acceptors (Lipinski definition) is 1. The van der Waals surface area contributed by atoms with Gasteiger partial charge in [0.25, 0.3) is 0 Å². The fourth-order valence-electron chi connectivity index (χ4n) is 0.546. The van der Waals surface area contributed by atoms with Gasteiger partial charge in [-0.05, 0) is 13.3 Å². The number of halogens is 1. The molecule has 0 aliphatic rings. The monoisotopic (exact) mass is 163 g/mol. The van der Waals surface area contributed by atoms with Gasteiger partial charge in [0.15, 0.2) is 0 Å². The van der Waals surface area contributed by atoms with Crippen molar-refractivity contribution < 1.29 is 4.79 Å². The summed E-state index contributed by atoms with van der Waals surface area (Å²) in [6, 6.07) is 0. The van der Waals surface area contributed by atoms with Crippen LogP contribution in [0.4, 0.5) is 0 Å². The number of amides is 1. The molecule has 0 aliphatic heterocycles. The molecule has 0 saturated carbocycles. The highest BCUT2D eigenvalue weighted by atomic mass is 35.5. The summed E-state index contributed by atoms with van der Waals surface area (Å²) in [5.41, 5.74) is 0. The molecule has 0 aromatic heterocycles. The summed E-state index contributed by atoms with van der Waals surface area (Å²) in [5, 5.41) is 0.101. The van der Waals surface area contributed by atoms with Gasteiger partial charge in [-0.3, -0.25) is 4.79 Å². The Labute approximate surface area is 67.2 Å². The van der Waals surface area contributed by atoms with Gasteiger partial charge in [0.1, 0.15) is 0 Å². The van der Waals surface area contributed by atoms with Crippen LogP contribution in [0.3, 0.4) is 0 Å². The van der Waals surface area contributed by atoms with E-state index in [-0.39, 0.29) is 11.3 Å². The zero-order chi connectivity index (χ0) is 8.15. The number of hydrogen-bond donors (Lipinski definition) is 0. The third kappa shape index (κ3) is 4.62. The number of carbonyl (C=O) groups excluding carboxylic acids is 1. The van der Waals surface area contributed by atoms with Gasteiger partial charge < -0.3 is 4.90 Å². The van der Waals surface area contributed by atoms with Crippen LogP contribution < -0.4 is 0 Å². The predicted molar refractivity (Wildman–Crippen MR) is 43.2 cm³/mol. The second-order valence-corrected chi connectivity index (χ2v) is 3.35. The largest absolute Gasteiger partial charge is 0.349 e. The Kier molecular flexibility index (Phi) is 4.45. The lowest BCUT2D eigenvalue weighted by molar-refractivity contribution is -0.128. The molecule has 1 unspecified atom stereocenters. The van der Waals surface area contributed by atoms with Crippen molar-refractivity contribution >= 4 is 17.5 Å². The lowest BCUT2D eigenvalue weighted by Gasteiger charge is -2.09. The van der Waals surface area contributed by atoms with Crippen molar-refractivity contribution in [2.75, 3.05) is 14.1 Å². The highest BCUT2D eigenvalue weighted by molar-refractivity contribution is 6.20. The molecule has 3 heteroatoms. The van der Waals surface area contributed by atoms with E-state index in [2.05, 4.69) is 0 Å². The van der Waals surface area contributed by atoms with Crippen molar-refractivity contribution in [2.45, 2.75) is 25.1 Å². The summed E-state index contributed by atoms with van der Waals surface area (Å²) in [7, 11) is 3.50. The van der Waals surface area contributed by atoms with E-state index >= 15 is 0 Å². The molecule has 1 amide bonds. The van der Waals surface area contributed by atoms with E-state index in [1.54, 1.807) is 19.0 Å². The van der Waals surface area contributed by atoms with Crippen molar-refractivity contribution in [3.8, 4) is 0 Å². The van der Waals surface area contributed by atoms with Gasteiger partial charge in [-0.25, -0.2) is 0 Å². The number of carbonyl (C=O) groups is 1. The maximum Gasteiger partial charge on any atom is 0.222 e. The lowest BCUT2D eigenvalue weighted by Crippen LogP contribution is -2.21. The van der Waals surface area contributed by atoms with E-state index in [0.717, 1.165) is 6.42 Å². The van der Waals surface area contributed by atoms with Crippen LogP contribution in [0.25, 0.3) is 0 Å². The topological polar surface area (TPSA) is 20.3 Å². The fraction of sp³-hybridized carbons (Fsp3) is 0.857. The van der Waals surface area contributed by atoms with Gasteiger partial charge in [-0.15, -0.1) is 11.6 Å². The third-order valence-electron chi connectivity index (χ3n) is 1.25. The van der Waals surface area contributed by atoms with E-state index in [9.17, 15) is 4.79 Å². The van der Waals surface area contributed by atoms with Crippen LogP contribution in [0.5, 0.6) is 0 Å². The van der Waals surface area contributed by atoms with Crippen LogP contribution in [0.2, 0.25) is 0 Å². The number of nitrogens with zero attached hydrogens (tertiary/aromatic N) is 1. The Bertz CT molecular complexity index is 112. The van der Waals surface area contributed by atoms with Crippen LogP contribution in [-0.4, -0.2) is 30.3 Å². The van der Waals surface area contributed by atoms with Gasteiger partial charge in [0, 0.05) is 25.9 Å². The van der Waals surface area contributed by atoms with E-state index in [1.807, 2.05) is 6.92 Å². The van der Waals surface area contributed by atoms with E-state index < -0.39 is 0 Å². The standard InChI is InChI=1S/C7H14ClNO/c1-6(8)4-5-7(10)9(2)3/h6H,4-5H2,1-3H3. The maximum atomic E-state index is 10.9. The highest BCUT2D eigenvalue weighted by Gasteiger charge is 2.04. The molecule has 0 fully saturated rings. The van der Waals surface area contributed by atoms with Gasteiger partial charge in [-0.1, -0.05) is 0 Å². The molecule has 10 heavy (non-hydrogen) atoms. The van der Waals surface area contributed by atoms with Crippen molar-refractivity contribution in [1.82, 2.24) is 4.90 Å². The first-order valence-corrected chi connectivity index (χ1v) is 3.82. The first kappa shape index (κ1) is 9.76. The van der Waals surface area contributed by atoms with Gasteiger partial charge in [0.2, 0.25) is 5.91 Å². The molecule has 0 spiro atoms. The van der Waals surface area contributed by atoms with Crippen LogP contribution in [-0.2, 0) is 4.79 Å². The van der Waals surface area contributed by atoms with Crippen LogP contribution in [0.15, 0.2) is 0 Å². The van der Waals surface area contributed by atoms with Crippen LogP contribution >= 0.6 is 11.6 Å². The molecule has 1 atom stereocenters. The first-order valence-electron chi connectivity index (χ1n) is 3.38. The molecule has 0 radical (unpaired) electrons. The Morgan fingerprint density at radius 3 is 2.40 bits per heavy atom. The molecule has 0 saturated heterocycles. The molecule has 0 heterocycles. The summed E-state index contributed by atoms with van der Waals surface area (Å²) in [4.78, 5) is 12.5. The molecule has 0 aromatic rings. The average molecular weight is 164 g/mol. The Morgan fingerprint density at radius 2 is 2.10 bits per heavy atom. The van der Waals surface area contributed by atoms with Crippen molar-refractivity contribution in [1.29, 1.82) is 0 Å². The van der Waals surface area contributed by atoms with Crippen LogP contribution in [0.1, 0.15) is 19.8 Å². The van der Waals surface area contributed by atoms with E-state index in [1.165, 1.54) is 0 Å². The molecular weight excluding hydrogens is 150 g/mol. The minimum Gasteiger partial charge on any atom is -0.349 e. The van der Waals surface area contributed by atoms with Crippen molar-refractivity contribution in [3.63, 3.8) is 0 Å². The summed E-state index contributed by atoms with van der Waals surface area (Å²) in [6.45, 7) is 1.89.